The Morgan fingerprint density at radius 1 is 1.75 bits per heavy atom. The van der Waals surface area contributed by atoms with Gasteiger partial charge in [0.15, 0.2) is 0 Å². The van der Waals surface area contributed by atoms with Gasteiger partial charge in [-0.25, -0.2) is 4.99 Å². The maximum atomic E-state index is 10.3. The Hall–Kier alpha value is -0.440. The zero-order valence-corrected chi connectivity index (χ0v) is 5.63. The first kappa shape index (κ1) is 5.69. The number of rotatable bonds is 0. The highest BCUT2D eigenvalue weighted by Gasteiger charge is 2.01. The van der Waals surface area contributed by atoms with Gasteiger partial charge < -0.3 is 0 Å². The van der Waals surface area contributed by atoms with Crippen molar-refractivity contribution in [3.05, 3.63) is 12.2 Å². The lowest BCUT2D eigenvalue weighted by Crippen LogP contribution is -2.03. The number of dihydropyridines is 1. The fourth-order valence-electron chi connectivity index (χ4n) is 0.412. The van der Waals surface area contributed by atoms with Gasteiger partial charge in [0, 0.05) is 12.3 Å². The van der Waals surface area contributed by atoms with Crippen LogP contribution in [0.2, 0.25) is 0 Å². The van der Waals surface area contributed by atoms with Gasteiger partial charge >= 0.3 is 0 Å². The van der Waals surface area contributed by atoms with E-state index in [-0.39, 0.29) is 10.7 Å². The maximum absolute atomic E-state index is 10.3. The van der Waals surface area contributed by atoms with E-state index in [1.54, 1.807) is 12.3 Å². The number of nitrogens with zero attached hydrogens (tertiary/aromatic N) is 1. The zero-order valence-electron chi connectivity index (χ0n) is 4.04. The first-order valence-electron chi connectivity index (χ1n) is 2.19. The third-order valence-corrected chi connectivity index (χ3v) is 1.31. The molecule has 0 aromatic carbocycles. The SMILES string of the molecule is O=C1C=CC(Br)C=N1. The second-order valence-corrected chi connectivity index (χ2v) is 2.48. The Morgan fingerprint density at radius 2 is 2.50 bits per heavy atom. The molecule has 2 nitrogen and oxygen atoms in total. The summed E-state index contributed by atoms with van der Waals surface area (Å²) >= 11 is 3.23. The number of alkyl halides is 1. The third-order valence-electron chi connectivity index (χ3n) is 0.767. The number of hydrogen-bond acceptors (Lipinski definition) is 1. The van der Waals surface area contributed by atoms with E-state index in [1.807, 2.05) is 0 Å². The molecule has 1 aliphatic heterocycles. The first-order chi connectivity index (χ1) is 3.79. The van der Waals surface area contributed by atoms with E-state index >= 15 is 0 Å². The molecule has 1 atom stereocenters. The number of allylic oxidation sites excluding steroid dienone is 1. The molecule has 0 spiro atoms. The summed E-state index contributed by atoms with van der Waals surface area (Å²) in [6.07, 6.45) is 4.75. The molecule has 0 fully saturated rings. The van der Waals surface area contributed by atoms with Crippen LogP contribution in [0.25, 0.3) is 0 Å². The molecule has 42 valence electrons. The monoisotopic (exact) mass is 173 g/mol. The van der Waals surface area contributed by atoms with Crippen molar-refractivity contribution in [2.45, 2.75) is 4.83 Å². The van der Waals surface area contributed by atoms with Crippen LogP contribution in [0, 0.1) is 0 Å². The second-order valence-electron chi connectivity index (χ2n) is 1.42. The molecule has 0 aromatic rings. The lowest BCUT2D eigenvalue weighted by molar-refractivity contribution is -0.113. The average Bonchev–Trinajstić information content (AvgIpc) is 1.77. The van der Waals surface area contributed by atoms with E-state index in [2.05, 4.69) is 20.9 Å². The van der Waals surface area contributed by atoms with Gasteiger partial charge in [-0.1, -0.05) is 22.0 Å². The summed E-state index contributed by atoms with van der Waals surface area (Å²) in [4.78, 5) is 14.0. The van der Waals surface area contributed by atoms with Crippen LogP contribution >= 0.6 is 15.9 Å². The van der Waals surface area contributed by atoms with Crippen LogP contribution in [0.4, 0.5) is 0 Å². The number of hydrogen-bond donors (Lipinski definition) is 0. The van der Waals surface area contributed by atoms with Crippen LogP contribution < -0.4 is 0 Å². The summed E-state index contributed by atoms with van der Waals surface area (Å²) < 4.78 is 0. The Kier molecular flexibility index (Phi) is 1.58. The number of amides is 1. The van der Waals surface area contributed by atoms with Crippen LogP contribution in [0.1, 0.15) is 0 Å². The van der Waals surface area contributed by atoms with Crippen molar-refractivity contribution >= 4 is 28.1 Å². The predicted octanol–water partition coefficient (Wildman–Crippen LogP) is 0.917. The molecule has 1 heterocycles. The molecule has 1 aliphatic rings. The Bertz CT molecular complexity index is 146. The highest BCUT2D eigenvalue weighted by atomic mass is 79.9. The lowest BCUT2D eigenvalue weighted by Gasteiger charge is -1.96. The first-order valence-corrected chi connectivity index (χ1v) is 3.11. The molecule has 1 amide bonds. The second kappa shape index (κ2) is 2.22. The van der Waals surface area contributed by atoms with Gasteiger partial charge in [0.05, 0.1) is 4.83 Å². The number of carbonyl (C=O) groups is 1. The van der Waals surface area contributed by atoms with E-state index in [0.29, 0.717) is 0 Å². The molecular weight excluding hydrogens is 170 g/mol. The maximum Gasteiger partial charge on any atom is 0.269 e. The molecule has 0 saturated carbocycles. The van der Waals surface area contributed by atoms with Gasteiger partial charge in [-0.2, -0.15) is 0 Å². The highest BCUT2D eigenvalue weighted by Crippen LogP contribution is 2.01. The van der Waals surface area contributed by atoms with Crippen molar-refractivity contribution in [1.82, 2.24) is 0 Å². The number of halogens is 1. The quantitative estimate of drug-likeness (QED) is 0.502. The molecule has 3 heteroatoms. The van der Waals surface area contributed by atoms with Crippen molar-refractivity contribution in [2.75, 3.05) is 0 Å². The van der Waals surface area contributed by atoms with E-state index in [1.165, 1.54) is 6.08 Å². The molecule has 0 saturated heterocycles. The van der Waals surface area contributed by atoms with Gasteiger partial charge in [0.25, 0.3) is 5.91 Å². The van der Waals surface area contributed by atoms with Crippen molar-refractivity contribution in [3.63, 3.8) is 0 Å². The summed E-state index contributed by atoms with van der Waals surface area (Å²) in [5.74, 6) is -0.180. The summed E-state index contributed by atoms with van der Waals surface area (Å²) in [5.41, 5.74) is 0. The smallest absolute Gasteiger partial charge is 0.268 e. The van der Waals surface area contributed by atoms with Crippen LogP contribution in [0.3, 0.4) is 0 Å². The molecular formula is C5H4BrNO. The highest BCUT2D eigenvalue weighted by molar-refractivity contribution is 9.10. The van der Waals surface area contributed by atoms with Gasteiger partial charge in [-0.3, -0.25) is 4.79 Å². The zero-order chi connectivity index (χ0) is 5.98. The molecule has 8 heavy (non-hydrogen) atoms. The van der Waals surface area contributed by atoms with Gasteiger partial charge in [-0.15, -0.1) is 0 Å². The topological polar surface area (TPSA) is 29.4 Å². The fourth-order valence-corrected chi connectivity index (χ4v) is 0.682. The number of aliphatic imine (C=N–C) groups is 1. The minimum Gasteiger partial charge on any atom is -0.268 e. The van der Waals surface area contributed by atoms with E-state index in [4.69, 9.17) is 0 Å². The van der Waals surface area contributed by atoms with Crippen molar-refractivity contribution < 1.29 is 4.79 Å². The largest absolute Gasteiger partial charge is 0.269 e. The molecule has 0 N–H and O–H groups in total. The van der Waals surface area contributed by atoms with Crippen molar-refractivity contribution in [3.8, 4) is 0 Å². The Balaban J connectivity index is 2.68. The minimum absolute atomic E-state index is 0.139. The van der Waals surface area contributed by atoms with Crippen molar-refractivity contribution in [1.29, 1.82) is 0 Å². The lowest BCUT2D eigenvalue weighted by atomic mass is 10.3. The van der Waals surface area contributed by atoms with Crippen molar-refractivity contribution in [2.24, 2.45) is 4.99 Å². The van der Waals surface area contributed by atoms with Crippen LogP contribution in [-0.4, -0.2) is 16.9 Å². The molecule has 0 bridgehead atoms. The molecule has 0 aliphatic carbocycles. The molecule has 1 unspecified atom stereocenters. The van der Waals surface area contributed by atoms with Crippen LogP contribution in [0.5, 0.6) is 0 Å². The molecule has 1 rings (SSSR count). The fraction of sp³-hybridized carbons (Fsp3) is 0.200. The van der Waals surface area contributed by atoms with E-state index in [0.717, 1.165) is 0 Å². The summed E-state index contributed by atoms with van der Waals surface area (Å²) in [6, 6.07) is 0. The Morgan fingerprint density at radius 3 is 2.88 bits per heavy atom. The van der Waals surface area contributed by atoms with Crippen LogP contribution in [0.15, 0.2) is 17.1 Å². The van der Waals surface area contributed by atoms with E-state index in [9.17, 15) is 4.79 Å². The molecule has 0 radical (unpaired) electrons. The van der Waals surface area contributed by atoms with Gasteiger partial charge in [0.2, 0.25) is 0 Å². The minimum atomic E-state index is -0.180. The average molecular weight is 174 g/mol. The third kappa shape index (κ3) is 1.26. The standard InChI is InChI=1S/C5H4BrNO/c6-4-1-2-5(8)7-3-4/h1-4H. The summed E-state index contributed by atoms with van der Waals surface area (Å²) in [7, 11) is 0. The summed E-state index contributed by atoms with van der Waals surface area (Å²) in [6.45, 7) is 0. The van der Waals surface area contributed by atoms with E-state index < -0.39 is 0 Å². The van der Waals surface area contributed by atoms with Crippen LogP contribution in [-0.2, 0) is 4.79 Å². The summed E-state index contributed by atoms with van der Waals surface area (Å²) in [5, 5.41) is 0. The number of carbonyl (C=O) groups excluding carboxylic acids is 1. The Labute approximate surface area is 55.4 Å². The predicted molar refractivity (Wildman–Crippen MR) is 35.4 cm³/mol. The normalized spacial score (nSPS) is 26.6. The van der Waals surface area contributed by atoms with Gasteiger partial charge in [0.1, 0.15) is 0 Å². The van der Waals surface area contributed by atoms with Gasteiger partial charge in [-0.05, 0) is 0 Å². The molecule has 0 aromatic heterocycles.